The standard InChI is InChI=1S/2C4H9.2Li.H/c1-4(2)3;1-3-4-2;;;/h1-3H3;1,3-4H2,2H3;;;. The normalized spacial score (nSPS) is 7.90. The van der Waals surface area contributed by atoms with Crippen LogP contribution in [-0.2, 0) is 0 Å². The Morgan fingerprint density at radius 3 is 1.50 bits per heavy atom. The van der Waals surface area contributed by atoms with E-state index in [4.69, 9.17) is 0 Å². The molecule has 0 unspecified atom stereocenters. The van der Waals surface area contributed by atoms with Gasteiger partial charge < -0.3 is 0 Å². The van der Waals surface area contributed by atoms with E-state index in [1.807, 2.05) is 0 Å². The topological polar surface area (TPSA) is 0 Å². The zero-order valence-electron chi connectivity index (χ0n) is 7.62. The molecule has 0 aromatic rings. The van der Waals surface area contributed by atoms with E-state index in [1.54, 1.807) is 0 Å². The van der Waals surface area contributed by atoms with E-state index in [0.717, 1.165) is 0 Å². The van der Waals surface area contributed by atoms with Crippen LogP contribution in [0.3, 0.4) is 0 Å². The Hall–Kier alpha value is 1.19. The second-order valence-corrected chi connectivity index (χ2v) is 2.85. The Balaban J connectivity index is -0.0000000910. The minimum atomic E-state index is 0. The molecule has 0 aromatic carbocycles. The van der Waals surface area contributed by atoms with Gasteiger partial charge in [0, 0.05) is 0 Å². The molecule has 0 rings (SSSR count). The van der Waals surface area contributed by atoms with Gasteiger partial charge in [-0.3, -0.25) is 0 Å². The molecule has 0 bridgehead atoms. The van der Waals surface area contributed by atoms with Gasteiger partial charge in [-0.2, -0.15) is 0 Å². The van der Waals surface area contributed by atoms with E-state index in [1.165, 1.54) is 23.9 Å². The van der Waals surface area contributed by atoms with Gasteiger partial charge in [0.1, 0.15) is 0 Å². The molecular weight excluding hydrogens is 110 g/mol. The predicted octanol–water partition coefficient (Wildman–Crippen LogP) is 2.35. The van der Waals surface area contributed by atoms with Gasteiger partial charge in [0.2, 0.25) is 0 Å². The summed E-state index contributed by atoms with van der Waals surface area (Å²) in [5.41, 5.74) is 0. The fraction of sp³-hybridized carbons (Fsp3) is 0.875. The van der Waals surface area contributed by atoms with E-state index in [9.17, 15) is 0 Å². The van der Waals surface area contributed by atoms with Crippen molar-refractivity contribution in [2.24, 2.45) is 0 Å². The molecule has 0 aliphatic carbocycles. The number of unbranched alkanes of at least 4 members (excludes halogenated alkanes) is 1. The van der Waals surface area contributed by atoms with Crippen LogP contribution in [0.4, 0.5) is 0 Å². The Kier molecular flexibility index (Phi) is 28.8. The summed E-state index contributed by atoms with van der Waals surface area (Å²) in [6, 6.07) is 0. The van der Waals surface area contributed by atoms with Gasteiger partial charge >= 0.3 is 61.4 Å². The van der Waals surface area contributed by atoms with Crippen molar-refractivity contribution >= 4 is 36.6 Å². The summed E-state index contributed by atoms with van der Waals surface area (Å²) in [4.78, 5) is 0. The molecule has 1 radical (unpaired) electrons. The van der Waals surface area contributed by atoms with Gasteiger partial charge in [-0.05, 0) is 5.92 Å². The fourth-order valence-corrected chi connectivity index (χ4v) is 0.354. The second kappa shape index (κ2) is 16.7. The fourth-order valence-electron chi connectivity index (χ4n) is 0.354. The first kappa shape index (κ1) is 17.3. The Morgan fingerprint density at radius 1 is 1.20 bits per heavy atom. The van der Waals surface area contributed by atoms with E-state index in [0.29, 0.717) is 0 Å². The molecule has 0 N–H and O–H groups in total. The van der Waals surface area contributed by atoms with Crippen LogP contribution in [0, 0.1) is 5.92 Å². The summed E-state index contributed by atoms with van der Waals surface area (Å²) in [5, 5.41) is 1.34. The van der Waals surface area contributed by atoms with Crippen LogP contribution >= 0.6 is 0 Å². The van der Waals surface area contributed by atoms with Crippen LogP contribution in [0.25, 0.3) is 0 Å². The van der Waals surface area contributed by atoms with Gasteiger partial charge in [0.05, 0.1) is 0 Å². The van der Waals surface area contributed by atoms with Gasteiger partial charge in [0.15, 0.2) is 0 Å². The maximum atomic E-state index is 2.21. The Morgan fingerprint density at radius 2 is 1.50 bits per heavy atom. The molecule has 0 fully saturated rings. The first-order chi connectivity index (χ1) is 4.15. The molecule has 0 spiro atoms. The van der Waals surface area contributed by atoms with Crippen molar-refractivity contribution < 1.29 is 0 Å². The van der Waals surface area contributed by atoms with Gasteiger partial charge in [-0.1, -0.05) is 20.8 Å². The molecule has 2 heteroatoms. The molecule has 0 saturated carbocycles. The number of rotatable bonds is 2. The third kappa shape index (κ3) is 60.5. The van der Waals surface area contributed by atoms with Crippen LogP contribution < -0.4 is 0 Å². The van der Waals surface area contributed by atoms with E-state index >= 15 is 0 Å². The van der Waals surface area contributed by atoms with E-state index in [2.05, 4.69) is 45.4 Å². The molecule has 0 amide bonds. The SMILES string of the molecule is C[C](C)C.[LiH].[Li][CH2]CCC. The quantitative estimate of drug-likeness (QED) is 0.502. The zero-order valence-corrected chi connectivity index (χ0v) is 7.62. The molecule has 0 aliphatic rings. The summed E-state index contributed by atoms with van der Waals surface area (Å²) < 4.78 is 0. The molecule has 0 aliphatic heterocycles. The molecular formula is C8H19Li2. The molecule has 0 heterocycles. The first-order valence-corrected chi connectivity index (χ1v) is 3.91. The summed E-state index contributed by atoms with van der Waals surface area (Å²) in [6.45, 7) is 8.46. The van der Waals surface area contributed by atoms with Crippen molar-refractivity contribution in [3.05, 3.63) is 5.92 Å². The van der Waals surface area contributed by atoms with Crippen molar-refractivity contribution in [2.45, 2.75) is 45.6 Å². The molecule has 0 aromatic heterocycles. The molecule has 10 heavy (non-hydrogen) atoms. The third-order valence-electron chi connectivity index (χ3n) is 0.707. The van der Waals surface area contributed by atoms with E-state index < -0.39 is 0 Å². The minimum absolute atomic E-state index is 0. The summed E-state index contributed by atoms with van der Waals surface area (Å²) in [6.07, 6.45) is 2.73. The van der Waals surface area contributed by atoms with Crippen LogP contribution in [0.1, 0.15) is 40.5 Å². The average Bonchev–Trinajstić information content (AvgIpc) is 1.66. The van der Waals surface area contributed by atoms with Crippen LogP contribution in [0.15, 0.2) is 0 Å². The van der Waals surface area contributed by atoms with Crippen LogP contribution in [0.5, 0.6) is 0 Å². The number of hydrogen-bond donors (Lipinski definition) is 0. The number of hydrogen-bond acceptors (Lipinski definition) is 0. The van der Waals surface area contributed by atoms with Crippen molar-refractivity contribution in [3.8, 4) is 0 Å². The summed E-state index contributed by atoms with van der Waals surface area (Å²) in [7, 11) is 0. The van der Waals surface area contributed by atoms with Gasteiger partial charge in [-0.25, -0.2) is 0 Å². The van der Waals surface area contributed by atoms with Gasteiger partial charge in [-0.15, -0.1) is 0 Å². The van der Waals surface area contributed by atoms with Crippen LogP contribution in [0.2, 0.25) is 5.09 Å². The Bertz CT molecular complexity index is 31.5. The zero-order chi connectivity index (χ0) is 7.70. The monoisotopic (exact) mass is 129 g/mol. The van der Waals surface area contributed by atoms with Crippen molar-refractivity contribution in [1.29, 1.82) is 0 Å². The van der Waals surface area contributed by atoms with Crippen molar-refractivity contribution in [3.63, 3.8) is 0 Å². The second-order valence-electron chi connectivity index (χ2n) is 2.85. The van der Waals surface area contributed by atoms with Crippen molar-refractivity contribution in [1.82, 2.24) is 0 Å². The molecule has 0 saturated heterocycles. The van der Waals surface area contributed by atoms with Gasteiger partial charge in [0.25, 0.3) is 0 Å². The maximum absolute atomic E-state index is 2.21. The molecule has 0 nitrogen and oxygen atoms in total. The Labute approximate surface area is 87.9 Å². The molecule has 53 valence electrons. The average molecular weight is 129 g/mol. The molecule has 0 atom stereocenters. The van der Waals surface area contributed by atoms with Crippen molar-refractivity contribution in [2.75, 3.05) is 0 Å². The van der Waals surface area contributed by atoms with Crippen LogP contribution in [-0.4, -0.2) is 36.6 Å². The van der Waals surface area contributed by atoms with E-state index in [-0.39, 0.29) is 18.9 Å². The first-order valence-electron chi connectivity index (χ1n) is 3.91. The summed E-state index contributed by atoms with van der Waals surface area (Å²) >= 11 is 2.21. The summed E-state index contributed by atoms with van der Waals surface area (Å²) in [5.74, 6) is 1.42. The predicted molar refractivity (Wildman–Crippen MR) is 52.9 cm³/mol. The third-order valence-corrected chi connectivity index (χ3v) is 0.707.